The minimum absolute atomic E-state index is 0.259. The van der Waals surface area contributed by atoms with Crippen LogP contribution < -0.4 is 0 Å². The van der Waals surface area contributed by atoms with E-state index in [1.807, 2.05) is 12.1 Å². The highest BCUT2D eigenvalue weighted by molar-refractivity contribution is 8.00. The number of pyridine rings is 1. The summed E-state index contributed by atoms with van der Waals surface area (Å²) >= 11 is 3.30. The monoisotopic (exact) mass is 422 g/mol. The molecule has 0 amide bonds. The Morgan fingerprint density at radius 3 is 2.62 bits per heavy atom. The van der Waals surface area contributed by atoms with Crippen molar-refractivity contribution in [3.05, 3.63) is 53.9 Å². The molecule has 0 aliphatic carbocycles. The third kappa shape index (κ3) is 3.67. The van der Waals surface area contributed by atoms with Crippen molar-refractivity contribution in [1.29, 1.82) is 0 Å². The molecule has 29 heavy (non-hydrogen) atoms. The number of rotatable bonds is 5. The van der Waals surface area contributed by atoms with Gasteiger partial charge in [0.15, 0.2) is 11.0 Å². The maximum Gasteiger partial charge on any atom is 0.276 e. The molecule has 4 aromatic rings. The Labute approximate surface area is 176 Å². The molecule has 0 saturated heterocycles. The lowest BCUT2D eigenvalue weighted by atomic mass is 10.1. The smallest absolute Gasteiger partial charge is 0.276 e. The van der Waals surface area contributed by atoms with Gasteiger partial charge >= 0.3 is 0 Å². The van der Waals surface area contributed by atoms with E-state index < -0.39 is 0 Å². The maximum absolute atomic E-state index is 5.91. The van der Waals surface area contributed by atoms with Crippen LogP contribution in [0.2, 0.25) is 0 Å². The molecule has 0 saturated carbocycles. The highest BCUT2D eigenvalue weighted by Crippen LogP contribution is 2.39. The lowest BCUT2D eigenvalue weighted by Gasteiger charge is -2.12. The summed E-state index contributed by atoms with van der Waals surface area (Å²) in [6.07, 6.45) is 3.55. The number of thioether (sulfide) groups is 2. The van der Waals surface area contributed by atoms with Crippen LogP contribution in [0.3, 0.4) is 0 Å². The molecule has 1 unspecified atom stereocenters. The van der Waals surface area contributed by atoms with E-state index in [0.717, 1.165) is 33.6 Å². The van der Waals surface area contributed by atoms with E-state index in [0.29, 0.717) is 11.1 Å². The Hall–Kier alpha value is -2.65. The Bertz CT molecular complexity index is 1140. The van der Waals surface area contributed by atoms with Gasteiger partial charge < -0.3 is 4.42 Å². The molecule has 3 aromatic heterocycles. The van der Waals surface area contributed by atoms with Gasteiger partial charge in [-0.1, -0.05) is 40.7 Å². The van der Waals surface area contributed by atoms with Crippen LogP contribution in [0.5, 0.6) is 0 Å². The first-order valence-electron chi connectivity index (χ1n) is 9.20. The predicted molar refractivity (Wildman–Crippen MR) is 113 cm³/mol. The van der Waals surface area contributed by atoms with Crippen LogP contribution in [0.15, 0.2) is 57.5 Å². The van der Waals surface area contributed by atoms with Crippen molar-refractivity contribution in [1.82, 2.24) is 29.9 Å². The second kappa shape index (κ2) is 7.64. The van der Waals surface area contributed by atoms with Crippen LogP contribution in [0.1, 0.15) is 17.2 Å². The van der Waals surface area contributed by atoms with Gasteiger partial charge in [-0.3, -0.25) is 9.55 Å². The van der Waals surface area contributed by atoms with Crippen molar-refractivity contribution >= 4 is 23.5 Å². The third-order valence-electron chi connectivity index (χ3n) is 4.65. The molecule has 0 bridgehead atoms. The van der Waals surface area contributed by atoms with Crippen LogP contribution in [-0.4, -0.2) is 41.5 Å². The number of hydrogen-bond acceptors (Lipinski definition) is 8. The first-order valence-corrected chi connectivity index (χ1v) is 11.2. The van der Waals surface area contributed by atoms with Crippen molar-refractivity contribution in [2.75, 3.05) is 11.5 Å². The predicted octanol–water partition coefficient (Wildman–Crippen LogP) is 4.45. The van der Waals surface area contributed by atoms with E-state index in [4.69, 9.17) is 4.42 Å². The third-order valence-corrected chi connectivity index (χ3v) is 6.70. The van der Waals surface area contributed by atoms with Crippen molar-refractivity contribution in [2.45, 2.75) is 30.3 Å². The molecule has 0 fully saturated rings. The molecular formula is C20H18N6OS2. The maximum atomic E-state index is 5.91. The number of hydrogen-bond donors (Lipinski definition) is 0. The molecule has 0 spiro atoms. The number of aromatic nitrogens is 6. The summed E-state index contributed by atoms with van der Waals surface area (Å²) in [7, 11) is 0. The normalized spacial score (nSPS) is 15.6. The Morgan fingerprint density at radius 2 is 1.83 bits per heavy atom. The van der Waals surface area contributed by atoms with Crippen LogP contribution >= 0.6 is 23.5 Å². The first kappa shape index (κ1) is 18.4. The molecule has 1 aromatic carbocycles. The van der Waals surface area contributed by atoms with E-state index in [1.54, 1.807) is 35.9 Å². The van der Waals surface area contributed by atoms with E-state index in [9.17, 15) is 0 Å². The fourth-order valence-electron chi connectivity index (χ4n) is 3.42. The molecule has 9 heteroatoms. The number of aryl methyl sites for hydroxylation is 2. The number of nitrogens with zero attached hydrogens (tertiary/aromatic N) is 6. The lowest BCUT2D eigenvalue weighted by Crippen LogP contribution is -2.11. The summed E-state index contributed by atoms with van der Waals surface area (Å²) < 4.78 is 8.11. The van der Waals surface area contributed by atoms with Crippen LogP contribution in [0, 0.1) is 13.8 Å². The molecular weight excluding hydrogens is 404 g/mol. The molecule has 5 rings (SSSR count). The molecule has 4 heterocycles. The lowest BCUT2D eigenvalue weighted by molar-refractivity contribution is 0.464. The molecule has 1 atom stereocenters. The largest absolute Gasteiger partial charge is 0.411 e. The molecule has 7 nitrogen and oxygen atoms in total. The van der Waals surface area contributed by atoms with Crippen LogP contribution in [0.25, 0.3) is 22.8 Å². The summed E-state index contributed by atoms with van der Waals surface area (Å²) in [5.74, 6) is 3.19. The van der Waals surface area contributed by atoms with E-state index in [-0.39, 0.29) is 6.04 Å². The van der Waals surface area contributed by atoms with Gasteiger partial charge in [-0.2, -0.15) is 0 Å². The van der Waals surface area contributed by atoms with Gasteiger partial charge in [0.2, 0.25) is 5.89 Å². The van der Waals surface area contributed by atoms with Crippen LogP contribution in [0.4, 0.5) is 0 Å². The zero-order valence-corrected chi connectivity index (χ0v) is 17.6. The zero-order valence-electron chi connectivity index (χ0n) is 15.9. The summed E-state index contributed by atoms with van der Waals surface area (Å²) in [5, 5.41) is 18.7. The van der Waals surface area contributed by atoms with Gasteiger partial charge in [0.1, 0.15) is 0 Å². The molecule has 146 valence electrons. The quantitative estimate of drug-likeness (QED) is 0.436. The summed E-state index contributed by atoms with van der Waals surface area (Å²) in [6.45, 7) is 4.13. The highest BCUT2D eigenvalue weighted by atomic mass is 32.2. The van der Waals surface area contributed by atoms with Gasteiger partial charge in [-0.05, 0) is 38.1 Å². The SMILES string of the molecule is Cc1cc(C)cc(-c2nnc(SCC3CSc4nnc(-c5ccncc5)n43)o2)c1. The van der Waals surface area contributed by atoms with Crippen LogP contribution in [-0.2, 0) is 0 Å². The summed E-state index contributed by atoms with van der Waals surface area (Å²) in [4.78, 5) is 4.09. The van der Waals surface area contributed by atoms with E-state index in [1.165, 1.54) is 11.1 Å². The van der Waals surface area contributed by atoms with Crippen molar-refractivity contribution in [3.8, 4) is 22.8 Å². The second-order valence-corrected chi connectivity index (χ2v) is 8.90. The Morgan fingerprint density at radius 1 is 1.03 bits per heavy atom. The van der Waals surface area contributed by atoms with Gasteiger partial charge in [0, 0.05) is 35.0 Å². The Balaban J connectivity index is 1.33. The molecule has 0 radical (unpaired) electrons. The van der Waals surface area contributed by atoms with Crippen molar-refractivity contribution in [3.63, 3.8) is 0 Å². The van der Waals surface area contributed by atoms with Crippen molar-refractivity contribution < 1.29 is 4.42 Å². The molecule has 0 N–H and O–H groups in total. The average molecular weight is 423 g/mol. The fourth-order valence-corrected chi connectivity index (χ4v) is 5.49. The average Bonchev–Trinajstić information content (AvgIpc) is 3.43. The van der Waals surface area contributed by atoms with E-state index >= 15 is 0 Å². The van der Waals surface area contributed by atoms with Gasteiger partial charge in [0.05, 0.1) is 6.04 Å². The number of benzene rings is 1. The standard InChI is InChI=1S/C20H18N6OS2/c1-12-7-13(2)9-15(8-12)18-23-25-20(27-18)29-11-16-10-28-19-24-22-17(26(16)19)14-3-5-21-6-4-14/h3-9,16H,10-11H2,1-2H3. The fraction of sp³-hybridized carbons (Fsp3) is 0.250. The number of fused-ring (bicyclic) bond motifs is 1. The van der Waals surface area contributed by atoms with Gasteiger partial charge in [0.25, 0.3) is 5.22 Å². The summed E-state index contributed by atoms with van der Waals surface area (Å²) in [6, 6.07) is 10.4. The van der Waals surface area contributed by atoms with Gasteiger partial charge in [-0.15, -0.1) is 20.4 Å². The van der Waals surface area contributed by atoms with Crippen molar-refractivity contribution in [2.24, 2.45) is 0 Å². The van der Waals surface area contributed by atoms with Gasteiger partial charge in [-0.25, -0.2) is 0 Å². The highest BCUT2D eigenvalue weighted by Gasteiger charge is 2.29. The van der Waals surface area contributed by atoms with E-state index in [2.05, 4.69) is 62.0 Å². The molecule has 1 aliphatic heterocycles. The molecule has 1 aliphatic rings. The summed E-state index contributed by atoms with van der Waals surface area (Å²) in [5.41, 5.74) is 4.34. The second-order valence-electron chi connectivity index (χ2n) is 6.94. The minimum atomic E-state index is 0.259. The Kier molecular flexibility index (Phi) is 4.84. The zero-order chi connectivity index (χ0) is 19.8. The minimum Gasteiger partial charge on any atom is -0.411 e. The first-order chi connectivity index (χ1) is 14.2. The topological polar surface area (TPSA) is 82.5 Å².